The van der Waals surface area contributed by atoms with E-state index in [1.165, 1.54) is 0 Å². The van der Waals surface area contributed by atoms with Crippen molar-refractivity contribution in [1.29, 1.82) is 0 Å². The van der Waals surface area contributed by atoms with Crippen molar-refractivity contribution in [2.45, 2.75) is 13.3 Å². The first kappa shape index (κ1) is 13.2. The van der Waals surface area contributed by atoms with Gasteiger partial charge in [-0.15, -0.1) is 11.6 Å². The van der Waals surface area contributed by atoms with Crippen LogP contribution >= 0.6 is 11.6 Å². The maximum absolute atomic E-state index is 10.9. The van der Waals surface area contributed by atoms with Crippen molar-refractivity contribution in [2.24, 2.45) is 0 Å². The Hall–Kier alpha value is 0.160. The Morgan fingerprint density at radius 2 is 2.08 bits per heavy atom. The highest BCUT2D eigenvalue weighted by Crippen LogP contribution is 1.86. The number of hydrogen-bond acceptors (Lipinski definition) is 3. The third-order valence-corrected chi connectivity index (χ3v) is 2.95. The van der Waals surface area contributed by atoms with Crippen molar-refractivity contribution in [3.63, 3.8) is 0 Å². The molecule has 0 saturated carbocycles. The zero-order valence-electron chi connectivity index (χ0n) is 7.75. The molecular weight excluding hydrogens is 214 g/mol. The molecule has 0 aromatic heterocycles. The molecule has 0 aliphatic rings. The molecule has 0 rings (SSSR count). The van der Waals surface area contributed by atoms with Crippen LogP contribution < -0.4 is 4.72 Å². The van der Waals surface area contributed by atoms with E-state index in [0.717, 1.165) is 0 Å². The third kappa shape index (κ3) is 8.49. The molecular formula is C7H16ClNO3S. The summed E-state index contributed by atoms with van der Waals surface area (Å²) in [5, 5.41) is 0. The first-order valence-corrected chi connectivity index (χ1v) is 6.42. The lowest BCUT2D eigenvalue weighted by molar-refractivity contribution is 0.147. The number of rotatable bonds is 8. The zero-order chi connectivity index (χ0) is 10.2. The molecule has 0 amide bonds. The number of halogens is 1. The summed E-state index contributed by atoms with van der Waals surface area (Å²) in [6.07, 6.45) is 0.677. The van der Waals surface area contributed by atoms with E-state index in [-0.39, 0.29) is 5.75 Å². The average molecular weight is 230 g/mol. The average Bonchev–Trinajstić information content (AvgIpc) is 2.11. The maximum Gasteiger partial charge on any atom is 0.211 e. The van der Waals surface area contributed by atoms with Gasteiger partial charge < -0.3 is 4.74 Å². The van der Waals surface area contributed by atoms with Gasteiger partial charge in [-0.2, -0.15) is 0 Å². The van der Waals surface area contributed by atoms with Gasteiger partial charge in [-0.25, -0.2) is 13.1 Å². The highest BCUT2D eigenvalue weighted by atomic mass is 35.5. The molecule has 0 radical (unpaired) electrons. The number of sulfonamides is 1. The minimum atomic E-state index is -3.04. The van der Waals surface area contributed by atoms with E-state index in [1.807, 2.05) is 0 Å². The zero-order valence-corrected chi connectivity index (χ0v) is 9.33. The molecule has 13 heavy (non-hydrogen) atoms. The second-order valence-electron chi connectivity index (χ2n) is 2.45. The van der Waals surface area contributed by atoms with Gasteiger partial charge in [-0.1, -0.05) is 0 Å². The van der Waals surface area contributed by atoms with E-state index in [2.05, 4.69) is 4.72 Å². The maximum atomic E-state index is 10.9. The van der Waals surface area contributed by atoms with Gasteiger partial charge in [0.15, 0.2) is 0 Å². The van der Waals surface area contributed by atoms with Crippen LogP contribution in [-0.4, -0.2) is 39.8 Å². The highest BCUT2D eigenvalue weighted by Gasteiger charge is 2.03. The van der Waals surface area contributed by atoms with Crippen LogP contribution in [0.4, 0.5) is 0 Å². The van der Waals surface area contributed by atoms with Gasteiger partial charge in [0.2, 0.25) is 10.0 Å². The molecule has 0 fully saturated rings. The SMILES string of the molecule is CCS(=O)(=O)NCCCOCCCl. The molecule has 0 aliphatic heterocycles. The topological polar surface area (TPSA) is 55.4 Å². The smallest absolute Gasteiger partial charge is 0.211 e. The lowest BCUT2D eigenvalue weighted by Gasteiger charge is -2.04. The molecule has 4 nitrogen and oxygen atoms in total. The normalized spacial score (nSPS) is 11.8. The van der Waals surface area contributed by atoms with Crippen molar-refractivity contribution in [1.82, 2.24) is 4.72 Å². The molecule has 80 valence electrons. The van der Waals surface area contributed by atoms with Gasteiger partial charge >= 0.3 is 0 Å². The summed E-state index contributed by atoms with van der Waals surface area (Å²) in [6, 6.07) is 0. The van der Waals surface area contributed by atoms with Crippen LogP contribution in [0.3, 0.4) is 0 Å². The fraction of sp³-hybridized carbons (Fsp3) is 1.00. The predicted octanol–water partition coefficient (Wildman–Crippen LogP) is 0.571. The van der Waals surface area contributed by atoms with E-state index in [0.29, 0.717) is 32.1 Å². The van der Waals surface area contributed by atoms with Crippen molar-refractivity contribution in [2.75, 3.05) is 31.4 Å². The quantitative estimate of drug-likeness (QED) is 0.489. The molecule has 0 aromatic rings. The van der Waals surface area contributed by atoms with E-state index in [1.54, 1.807) is 6.92 Å². The van der Waals surface area contributed by atoms with Crippen LogP contribution in [-0.2, 0) is 14.8 Å². The molecule has 0 atom stereocenters. The van der Waals surface area contributed by atoms with Crippen LogP contribution in [0.2, 0.25) is 0 Å². The summed E-state index contributed by atoms with van der Waals surface area (Å²) in [4.78, 5) is 0. The first-order valence-electron chi connectivity index (χ1n) is 4.23. The molecule has 0 bridgehead atoms. The molecule has 1 N–H and O–H groups in total. The molecule has 0 saturated heterocycles. The van der Waals surface area contributed by atoms with Crippen molar-refractivity contribution in [3.8, 4) is 0 Å². The van der Waals surface area contributed by atoms with Gasteiger partial charge in [0.1, 0.15) is 0 Å². The highest BCUT2D eigenvalue weighted by molar-refractivity contribution is 7.89. The van der Waals surface area contributed by atoms with Crippen LogP contribution in [0.15, 0.2) is 0 Å². The Balaban J connectivity index is 3.26. The lowest BCUT2D eigenvalue weighted by Crippen LogP contribution is -2.26. The minimum absolute atomic E-state index is 0.121. The Morgan fingerprint density at radius 1 is 1.38 bits per heavy atom. The molecule has 0 aromatic carbocycles. The Labute approximate surface area is 84.7 Å². The van der Waals surface area contributed by atoms with Gasteiger partial charge in [-0.3, -0.25) is 0 Å². The predicted molar refractivity (Wildman–Crippen MR) is 53.6 cm³/mol. The standard InChI is InChI=1S/C7H16ClNO3S/c1-2-13(10,11)9-5-3-6-12-7-4-8/h9H,2-7H2,1H3. The summed E-state index contributed by atoms with van der Waals surface area (Å²) in [6.45, 7) is 3.09. The fourth-order valence-electron chi connectivity index (χ4n) is 0.661. The summed E-state index contributed by atoms with van der Waals surface area (Å²) >= 11 is 5.37. The van der Waals surface area contributed by atoms with E-state index in [4.69, 9.17) is 16.3 Å². The molecule has 0 unspecified atom stereocenters. The number of alkyl halides is 1. The van der Waals surface area contributed by atoms with Crippen LogP contribution in [0, 0.1) is 0 Å². The van der Waals surface area contributed by atoms with Crippen molar-refractivity contribution in [3.05, 3.63) is 0 Å². The largest absolute Gasteiger partial charge is 0.380 e. The summed E-state index contributed by atoms with van der Waals surface area (Å²) in [7, 11) is -3.04. The second-order valence-corrected chi connectivity index (χ2v) is 4.93. The summed E-state index contributed by atoms with van der Waals surface area (Å²) in [5.74, 6) is 0.593. The molecule has 0 aliphatic carbocycles. The van der Waals surface area contributed by atoms with Crippen LogP contribution in [0.25, 0.3) is 0 Å². The monoisotopic (exact) mass is 229 g/mol. The Morgan fingerprint density at radius 3 is 2.62 bits per heavy atom. The third-order valence-electron chi connectivity index (χ3n) is 1.39. The molecule has 0 spiro atoms. The van der Waals surface area contributed by atoms with E-state index in [9.17, 15) is 8.42 Å². The second kappa shape index (κ2) is 7.55. The van der Waals surface area contributed by atoms with E-state index >= 15 is 0 Å². The Kier molecular flexibility index (Phi) is 7.65. The van der Waals surface area contributed by atoms with Gasteiger partial charge in [-0.05, 0) is 13.3 Å². The van der Waals surface area contributed by atoms with Crippen LogP contribution in [0.5, 0.6) is 0 Å². The lowest BCUT2D eigenvalue weighted by atomic mass is 10.5. The van der Waals surface area contributed by atoms with E-state index < -0.39 is 10.0 Å². The summed E-state index contributed by atoms with van der Waals surface area (Å²) in [5.41, 5.74) is 0. The molecule has 0 heterocycles. The van der Waals surface area contributed by atoms with Gasteiger partial charge in [0.25, 0.3) is 0 Å². The number of ether oxygens (including phenoxy) is 1. The van der Waals surface area contributed by atoms with Crippen molar-refractivity contribution < 1.29 is 13.2 Å². The minimum Gasteiger partial charge on any atom is -0.380 e. The van der Waals surface area contributed by atoms with Gasteiger partial charge in [0.05, 0.1) is 12.4 Å². The van der Waals surface area contributed by atoms with Crippen molar-refractivity contribution >= 4 is 21.6 Å². The van der Waals surface area contributed by atoms with Gasteiger partial charge in [0, 0.05) is 19.0 Å². The van der Waals surface area contributed by atoms with Crippen LogP contribution in [0.1, 0.15) is 13.3 Å². The summed E-state index contributed by atoms with van der Waals surface area (Å²) < 4.78 is 29.3. The number of hydrogen-bond donors (Lipinski definition) is 1. The Bertz CT molecular complexity index is 206. The first-order chi connectivity index (χ1) is 6.12. The number of nitrogens with one attached hydrogen (secondary N) is 1. The molecule has 6 heteroatoms. The fourth-order valence-corrected chi connectivity index (χ4v) is 1.43.